The van der Waals surface area contributed by atoms with Crippen molar-refractivity contribution in [3.05, 3.63) is 30.1 Å². The summed E-state index contributed by atoms with van der Waals surface area (Å²) in [6.45, 7) is 0. The van der Waals surface area contributed by atoms with Crippen LogP contribution in [0.25, 0.3) is 0 Å². The molecule has 2 aliphatic carbocycles. The predicted molar refractivity (Wildman–Crippen MR) is 78.7 cm³/mol. The lowest BCUT2D eigenvalue weighted by molar-refractivity contribution is 0.117. The molecule has 19 heavy (non-hydrogen) atoms. The van der Waals surface area contributed by atoms with E-state index < -0.39 is 0 Å². The lowest BCUT2D eigenvalue weighted by atomic mass is 9.66. The molecule has 1 aromatic heterocycles. The molecule has 2 aliphatic rings. The molecule has 0 aromatic carbocycles. The van der Waals surface area contributed by atoms with Gasteiger partial charge in [0.2, 0.25) is 0 Å². The molecule has 3 rings (SSSR count). The third-order valence-electron chi connectivity index (χ3n) is 5.38. The molecule has 0 bridgehead atoms. The van der Waals surface area contributed by atoms with Gasteiger partial charge >= 0.3 is 0 Å². The van der Waals surface area contributed by atoms with E-state index in [1.54, 1.807) is 0 Å². The summed E-state index contributed by atoms with van der Waals surface area (Å²) in [5.41, 5.74) is 7.77. The Labute approximate surface area is 116 Å². The van der Waals surface area contributed by atoms with Gasteiger partial charge in [0.05, 0.1) is 0 Å². The van der Waals surface area contributed by atoms with E-state index in [2.05, 4.69) is 11.1 Å². The van der Waals surface area contributed by atoms with Crippen molar-refractivity contribution in [2.24, 2.45) is 23.5 Å². The monoisotopic (exact) mass is 258 g/mol. The molecule has 0 aliphatic heterocycles. The van der Waals surface area contributed by atoms with E-state index in [0.29, 0.717) is 6.04 Å². The molecule has 1 aromatic rings. The maximum absolute atomic E-state index is 6.47. The van der Waals surface area contributed by atoms with Crippen LogP contribution in [-0.4, -0.2) is 11.0 Å². The Morgan fingerprint density at radius 2 is 2.00 bits per heavy atom. The van der Waals surface area contributed by atoms with Gasteiger partial charge in [-0.25, -0.2) is 0 Å². The van der Waals surface area contributed by atoms with E-state index in [9.17, 15) is 0 Å². The second-order valence-corrected chi connectivity index (χ2v) is 6.61. The number of rotatable bonds is 3. The Hall–Kier alpha value is -0.890. The van der Waals surface area contributed by atoms with Crippen LogP contribution < -0.4 is 5.73 Å². The average molecular weight is 258 g/mol. The summed E-state index contributed by atoms with van der Waals surface area (Å²) < 4.78 is 0. The number of nitrogens with two attached hydrogens (primary N) is 1. The first kappa shape index (κ1) is 13.1. The molecule has 2 saturated carbocycles. The third kappa shape index (κ3) is 3.17. The van der Waals surface area contributed by atoms with Crippen LogP contribution in [0.4, 0.5) is 0 Å². The SMILES string of the molecule is NC(Cc1cccnc1)C1CCC2CCCCC2C1. The third-order valence-corrected chi connectivity index (χ3v) is 5.38. The molecule has 2 heteroatoms. The average Bonchev–Trinajstić information content (AvgIpc) is 2.48. The van der Waals surface area contributed by atoms with Gasteiger partial charge in [0.1, 0.15) is 0 Å². The molecule has 2 fully saturated rings. The highest BCUT2D eigenvalue weighted by Crippen LogP contribution is 2.43. The zero-order chi connectivity index (χ0) is 13.1. The van der Waals surface area contributed by atoms with Crippen LogP contribution in [0.1, 0.15) is 50.5 Å². The van der Waals surface area contributed by atoms with Crippen LogP contribution in [-0.2, 0) is 6.42 Å². The summed E-state index contributed by atoms with van der Waals surface area (Å²) in [6, 6.07) is 4.49. The fourth-order valence-corrected chi connectivity index (χ4v) is 4.26. The number of nitrogens with zero attached hydrogens (tertiary/aromatic N) is 1. The van der Waals surface area contributed by atoms with Crippen molar-refractivity contribution in [3.63, 3.8) is 0 Å². The van der Waals surface area contributed by atoms with E-state index in [0.717, 1.165) is 24.2 Å². The van der Waals surface area contributed by atoms with Crippen molar-refractivity contribution < 1.29 is 0 Å². The highest BCUT2D eigenvalue weighted by Gasteiger charge is 2.34. The molecule has 1 heterocycles. The maximum Gasteiger partial charge on any atom is 0.0300 e. The Kier molecular flexibility index (Phi) is 4.17. The summed E-state index contributed by atoms with van der Waals surface area (Å²) >= 11 is 0. The predicted octanol–water partition coefficient (Wildman–Crippen LogP) is 3.56. The summed E-state index contributed by atoms with van der Waals surface area (Å²) in [5.74, 6) is 2.74. The standard InChI is InChI=1S/C17H26N2/c18-17(10-13-4-3-9-19-12-13)16-8-7-14-5-1-2-6-15(14)11-16/h3-4,9,12,14-17H,1-2,5-8,10-11,18H2. The molecule has 4 unspecified atom stereocenters. The topological polar surface area (TPSA) is 38.9 Å². The van der Waals surface area contributed by atoms with Crippen LogP contribution in [0.2, 0.25) is 0 Å². The smallest absolute Gasteiger partial charge is 0.0300 e. The zero-order valence-electron chi connectivity index (χ0n) is 11.8. The Balaban J connectivity index is 1.57. The largest absolute Gasteiger partial charge is 0.327 e. The van der Waals surface area contributed by atoms with E-state index in [-0.39, 0.29) is 0 Å². The minimum absolute atomic E-state index is 0.326. The first-order valence-electron chi connectivity index (χ1n) is 7.97. The summed E-state index contributed by atoms with van der Waals surface area (Å²) in [4.78, 5) is 4.19. The molecular formula is C17H26N2. The molecular weight excluding hydrogens is 232 g/mol. The quantitative estimate of drug-likeness (QED) is 0.900. The fraction of sp³-hybridized carbons (Fsp3) is 0.706. The molecule has 0 amide bonds. The van der Waals surface area contributed by atoms with E-state index in [1.807, 2.05) is 18.5 Å². The van der Waals surface area contributed by atoms with Gasteiger partial charge in [-0.3, -0.25) is 4.98 Å². The van der Waals surface area contributed by atoms with Crippen LogP contribution in [0.5, 0.6) is 0 Å². The van der Waals surface area contributed by atoms with Gasteiger partial charge in [-0.05, 0) is 55.1 Å². The van der Waals surface area contributed by atoms with Crippen LogP contribution >= 0.6 is 0 Å². The van der Waals surface area contributed by atoms with Crippen LogP contribution in [0.3, 0.4) is 0 Å². The summed E-state index contributed by atoms with van der Waals surface area (Å²) in [5, 5.41) is 0. The molecule has 104 valence electrons. The van der Waals surface area contributed by atoms with Gasteiger partial charge in [0.15, 0.2) is 0 Å². The molecule has 0 saturated heterocycles. The van der Waals surface area contributed by atoms with E-state index in [4.69, 9.17) is 5.73 Å². The molecule has 0 spiro atoms. The maximum atomic E-state index is 6.47. The first-order valence-corrected chi connectivity index (χ1v) is 7.97. The highest BCUT2D eigenvalue weighted by atomic mass is 14.7. The van der Waals surface area contributed by atoms with Crippen LogP contribution in [0.15, 0.2) is 24.5 Å². The number of aromatic nitrogens is 1. The van der Waals surface area contributed by atoms with E-state index >= 15 is 0 Å². The van der Waals surface area contributed by atoms with Gasteiger partial charge in [-0.1, -0.05) is 31.7 Å². The zero-order valence-corrected chi connectivity index (χ0v) is 11.8. The second-order valence-electron chi connectivity index (χ2n) is 6.61. The van der Waals surface area contributed by atoms with E-state index in [1.165, 1.54) is 50.5 Å². The molecule has 2 nitrogen and oxygen atoms in total. The summed E-state index contributed by atoms with van der Waals surface area (Å²) in [6.07, 6.45) is 14.8. The van der Waals surface area contributed by atoms with Gasteiger partial charge in [-0.15, -0.1) is 0 Å². The highest BCUT2D eigenvalue weighted by molar-refractivity contribution is 5.10. The number of hydrogen-bond acceptors (Lipinski definition) is 2. The minimum atomic E-state index is 0.326. The van der Waals surface area contributed by atoms with Crippen molar-refractivity contribution in [1.82, 2.24) is 4.98 Å². The Bertz CT molecular complexity index is 390. The fourth-order valence-electron chi connectivity index (χ4n) is 4.26. The normalized spacial score (nSPS) is 32.6. The van der Waals surface area contributed by atoms with Gasteiger partial charge in [-0.2, -0.15) is 0 Å². The van der Waals surface area contributed by atoms with Gasteiger partial charge in [0, 0.05) is 18.4 Å². The van der Waals surface area contributed by atoms with Gasteiger partial charge in [0.25, 0.3) is 0 Å². The molecule has 0 radical (unpaired) electrons. The Morgan fingerprint density at radius 1 is 1.16 bits per heavy atom. The van der Waals surface area contributed by atoms with Crippen molar-refractivity contribution in [3.8, 4) is 0 Å². The van der Waals surface area contributed by atoms with Crippen molar-refractivity contribution in [2.75, 3.05) is 0 Å². The van der Waals surface area contributed by atoms with Gasteiger partial charge < -0.3 is 5.73 Å². The number of fused-ring (bicyclic) bond motifs is 1. The van der Waals surface area contributed by atoms with Crippen molar-refractivity contribution in [1.29, 1.82) is 0 Å². The van der Waals surface area contributed by atoms with Crippen molar-refractivity contribution in [2.45, 2.75) is 57.4 Å². The number of pyridine rings is 1. The Morgan fingerprint density at radius 3 is 2.79 bits per heavy atom. The van der Waals surface area contributed by atoms with Crippen molar-refractivity contribution >= 4 is 0 Å². The lowest BCUT2D eigenvalue weighted by Crippen LogP contribution is -2.38. The first-order chi connectivity index (χ1) is 9.33. The minimum Gasteiger partial charge on any atom is -0.327 e. The summed E-state index contributed by atoms with van der Waals surface area (Å²) in [7, 11) is 0. The lowest BCUT2D eigenvalue weighted by Gasteiger charge is -2.41. The van der Waals surface area contributed by atoms with Crippen LogP contribution in [0, 0.1) is 17.8 Å². The number of hydrogen-bond donors (Lipinski definition) is 1. The second kappa shape index (κ2) is 6.04. The molecule has 2 N–H and O–H groups in total. The molecule has 4 atom stereocenters.